The molecule has 3 heteroatoms. The lowest BCUT2D eigenvalue weighted by Crippen LogP contribution is -1.88. The van der Waals surface area contributed by atoms with Crippen molar-refractivity contribution in [1.29, 1.82) is 5.26 Å². The summed E-state index contributed by atoms with van der Waals surface area (Å²) in [6.45, 7) is 1.82. The number of nitrogens with zero attached hydrogens (tertiary/aromatic N) is 1. The van der Waals surface area contributed by atoms with E-state index in [-0.39, 0.29) is 5.92 Å². The van der Waals surface area contributed by atoms with Gasteiger partial charge in [0.2, 0.25) is 0 Å². The minimum Gasteiger partial charge on any atom is -0.198 e. The van der Waals surface area contributed by atoms with Gasteiger partial charge in [0, 0.05) is 0 Å². The Bertz CT molecular complexity index is 328. The fraction of sp³-hybridized carbons (Fsp3) is 0.222. The zero-order chi connectivity index (χ0) is 9.14. The van der Waals surface area contributed by atoms with Gasteiger partial charge in [-0.1, -0.05) is 29.3 Å². The molecule has 1 aromatic carbocycles. The first kappa shape index (κ1) is 9.38. The molecule has 0 amide bonds. The Morgan fingerprint density at radius 1 is 1.33 bits per heavy atom. The summed E-state index contributed by atoms with van der Waals surface area (Å²) in [7, 11) is 0. The molecule has 0 aromatic heterocycles. The van der Waals surface area contributed by atoms with E-state index in [1.807, 2.05) is 13.0 Å². The quantitative estimate of drug-likeness (QED) is 0.679. The van der Waals surface area contributed by atoms with Gasteiger partial charge in [0.1, 0.15) is 0 Å². The average Bonchev–Trinajstić information content (AvgIpc) is 2.08. The normalized spacial score (nSPS) is 12.2. The second-order valence-electron chi connectivity index (χ2n) is 2.52. The first-order valence-electron chi connectivity index (χ1n) is 3.49. The molecule has 0 fully saturated rings. The lowest BCUT2D eigenvalue weighted by molar-refractivity contribution is 0.982. The fourth-order valence-corrected chi connectivity index (χ4v) is 1.16. The van der Waals surface area contributed by atoms with Gasteiger partial charge in [0.05, 0.1) is 22.0 Å². The van der Waals surface area contributed by atoms with Gasteiger partial charge in [-0.25, -0.2) is 0 Å². The van der Waals surface area contributed by atoms with E-state index < -0.39 is 0 Å². The van der Waals surface area contributed by atoms with E-state index >= 15 is 0 Å². The number of hydrogen-bond donors (Lipinski definition) is 0. The Balaban J connectivity index is 3.06. The molecule has 0 spiro atoms. The molecular weight excluding hydrogens is 193 g/mol. The van der Waals surface area contributed by atoms with Crippen LogP contribution in [0.5, 0.6) is 0 Å². The molecule has 0 aliphatic heterocycles. The van der Waals surface area contributed by atoms with Crippen LogP contribution in [0, 0.1) is 11.3 Å². The van der Waals surface area contributed by atoms with Crippen molar-refractivity contribution in [2.75, 3.05) is 0 Å². The average molecular weight is 200 g/mol. The zero-order valence-corrected chi connectivity index (χ0v) is 8.02. The Morgan fingerprint density at radius 3 is 2.50 bits per heavy atom. The maximum Gasteiger partial charge on any atom is 0.0700 e. The van der Waals surface area contributed by atoms with Crippen LogP contribution in [-0.4, -0.2) is 0 Å². The molecule has 0 radical (unpaired) electrons. The van der Waals surface area contributed by atoms with E-state index in [4.69, 9.17) is 28.5 Å². The Kier molecular flexibility index (Phi) is 2.97. The second kappa shape index (κ2) is 3.80. The number of rotatable bonds is 1. The molecule has 1 aromatic rings. The maximum atomic E-state index is 8.62. The topological polar surface area (TPSA) is 23.8 Å². The molecule has 12 heavy (non-hydrogen) atoms. The predicted molar refractivity (Wildman–Crippen MR) is 50.5 cm³/mol. The number of benzene rings is 1. The lowest BCUT2D eigenvalue weighted by Gasteiger charge is -2.03. The number of halogens is 2. The van der Waals surface area contributed by atoms with E-state index in [1.165, 1.54) is 0 Å². The number of hydrogen-bond acceptors (Lipinski definition) is 1. The zero-order valence-electron chi connectivity index (χ0n) is 6.51. The van der Waals surface area contributed by atoms with Crippen LogP contribution in [0.3, 0.4) is 0 Å². The van der Waals surface area contributed by atoms with Crippen molar-refractivity contribution in [2.24, 2.45) is 0 Å². The maximum absolute atomic E-state index is 8.62. The molecule has 1 unspecified atom stereocenters. The van der Waals surface area contributed by atoms with Crippen LogP contribution in [0.25, 0.3) is 0 Å². The van der Waals surface area contributed by atoms with Crippen LogP contribution in [0.4, 0.5) is 0 Å². The van der Waals surface area contributed by atoms with Crippen molar-refractivity contribution in [3.63, 3.8) is 0 Å². The molecule has 0 N–H and O–H groups in total. The van der Waals surface area contributed by atoms with Gasteiger partial charge in [-0.2, -0.15) is 5.26 Å². The van der Waals surface area contributed by atoms with Crippen molar-refractivity contribution in [3.8, 4) is 6.07 Å². The highest BCUT2D eigenvalue weighted by Gasteiger charge is 2.05. The lowest BCUT2D eigenvalue weighted by atomic mass is 10.0. The Morgan fingerprint density at radius 2 is 2.00 bits per heavy atom. The van der Waals surface area contributed by atoms with Gasteiger partial charge in [-0.05, 0) is 24.6 Å². The van der Waals surface area contributed by atoms with E-state index in [0.29, 0.717) is 10.0 Å². The predicted octanol–water partition coefficient (Wildman–Crippen LogP) is 3.62. The molecule has 0 aliphatic rings. The molecular formula is C9H7Cl2N. The molecule has 62 valence electrons. The highest BCUT2D eigenvalue weighted by Crippen LogP contribution is 2.25. The van der Waals surface area contributed by atoms with Gasteiger partial charge in [0.15, 0.2) is 0 Å². The first-order valence-corrected chi connectivity index (χ1v) is 4.25. The highest BCUT2D eigenvalue weighted by molar-refractivity contribution is 6.42. The van der Waals surface area contributed by atoms with Crippen molar-refractivity contribution in [1.82, 2.24) is 0 Å². The van der Waals surface area contributed by atoms with Crippen molar-refractivity contribution in [2.45, 2.75) is 12.8 Å². The van der Waals surface area contributed by atoms with Crippen LogP contribution in [0.2, 0.25) is 10.0 Å². The minimum atomic E-state index is -0.139. The minimum absolute atomic E-state index is 0.139. The third-order valence-corrected chi connectivity index (χ3v) is 2.38. The third kappa shape index (κ3) is 1.91. The van der Waals surface area contributed by atoms with Crippen molar-refractivity contribution < 1.29 is 0 Å². The molecule has 1 rings (SSSR count). The van der Waals surface area contributed by atoms with Gasteiger partial charge in [-0.15, -0.1) is 0 Å². The standard InChI is InChI=1S/C9H7Cl2N/c1-6(5-12)7-2-3-8(10)9(11)4-7/h2-4,6H,1H3. The van der Waals surface area contributed by atoms with Gasteiger partial charge >= 0.3 is 0 Å². The van der Waals surface area contributed by atoms with Crippen LogP contribution >= 0.6 is 23.2 Å². The summed E-state index contributed by atoms with van der Waals surface area (Å²) in [5.41, 5.74) is 0.895. The van der Waals surface area contributed by atoms with E-state index in [1.54, 1.807) is 12.1 Å². The van der Waals surface area contributed by atoms with Gasteiger partial charge < -0.3 is 0 Å². The molecule has 1 atom stereocenters. The summed E-state index contributed by atoms with van der Waals surface area (Å²) >= 11 is 11.5. The monoisotopic (exact) mass is 199 g/mol. The largest absolute Gasteiger partial charge is 0.198 e. The Hall–Kier alpha value is -0.710. The summed E-state index contributed by atoms with van der Waals surface area (Å²) in [6.07, 6.45) is 0. The van der Waals surface area contributed by atoms with Crippen molar-refractivity contribution in [3.05, 3.63) is 33.8 Å². The van der Waals surface area contributed by atoms with Gasteiger partial charge in [0.25, 0.3) is 0 Å². The smallest absolute Gasteiger partial charge is 0.0700 e. The van der Waals surface area contributed by atoms with Crippen LogP contribution in [0.15, 0.2) is 18.2 Å². The molecule has 0 saturated carbocycles. The summed E-state index contributed by atoms with van der Waals surface area (Å²) in [4.78, 5) is 0. The van der Waals surface area contributed by atoms with Crippen LogP contribution < -0.4 is 0 Å². The molecule has 1 nitrogen and oxygen atoms in total. The van der Waals surface area contributed by atoms with Crippen LogP contribution in [0.1, 0.15) is 18.4 Å². The molecule has 0 bridgehead atoms. The fourth-order valence-electron chi connectivity index (χ4n) is 0.856. The van der Waals surface area contributed by atoms with E-state index in [2.05, 4.69) is 6.07 Å². The molecule has 0 saturated heterocycles. The Labute approximate surface area is 81.5 Å². The molecule has 0 heterocycles. The summed E-state index contributed by atoms with van der Waals surface area (Å²) in [5, 5.41) is 9.64. The first-order chi connectivity index (χ1) is 5.65. The summed E-state index contributed by atoms with van der Waals surface area (Å²) in [6, 6.07) is 7.36. The SMILES string of the molecule is CC(C#N)c1ccc(Cl)c(Cl)c1. The van der Waals surface area contributed by atoms with Crippen molar-refractivity contribution >= 4 is 23.2 Å². The highest BCUT2D eigenvalue weighted by atomic mass is 35.5. The summed E-state index contributed by atoms with van der Waals surface area (Å²) < 4.78 is 0. The van der Waals surface area contributed by atoms with Gasteiger partial charge in [-0.3, -0.25) is 0 Å². The summed E-state index contributed by atoms with van der Waals surface area (Å²) in [5.74, 6) is -0.139. The van der Waals surface area contributed by atoms with Crippen LogP contribution in [-0.2, 0) is 0 Å². The second-order valence-corrected chi connectivity index (χ2v) is 3.34. The molecule has 0 aliphatic carbocycles. The third-order valence-electron chi connectivity index (χ3n) is 1.64. The van der Waals surface area contributed by atoms with E-state index in [9.17, 15) is 0 Å². The van der Waals surface area contributed by atoms with E-state index in [0.717, 1.165) is 5.56 Å². The number of nitriles is 1.